The van der Waals surface area contributed by atoms with Crippen LogP contribution in [0.15, 0.2) is 72.8 Å². The van der Waals surface area contributed by atoms with Gasteiger partial charge in [0.25, 0.3) is 5.91 Å². The Bertz CT molecular complexity index is 1180. The lowest BCUT2D eigenvalue weighted by Crippen LogP contribution is -2.35. The van der Waals surface area contributed by atoms with Crippen LogP contribution in [-0.4, -0.2) is 31.4 Å². The zero-order valence-electron chi connectivity index (χ0n) is 16.5. The number of sulfonamides is 1. The molecule has 0 fully saturated rings. The van der Waals surface area contributed by atoms with Crippen LogP contribution in [0.3, 0.4) is 0 Å². The van der Waals surface area contributed by atoms with Crippen molar-refractivity contribution in [3.05, 3.63) is 89.5 Å². The highest BCUT2D eigenvalue weighted by atomic mass is 32.2. The Balaban J connectivity index is 1.54. The van der Waals surface area contributed by atoms with Gasteiger partial charge in [0.15, 0.2) is 0 Å². The van der Waals surface area contributed by atoms with Crippen molar-refractivity contribution >= 4 is 21.6 Å². The van der Waals surface area contributed by atoms with Crippen molar-refractivity contribution in [1.29, 1.82) is 0 Å². The molecule has 0 spiro atoms. The molecule has 3 aromatic rings. The van der Waals surface area contributed by atoms with Gasteiger partial charge in [-0.25, -0.2) is 8.42 Å². The average molecular weight is 423 g/mol. The van der Waals surface area contributed by atoms with Crippen molar-refractivity contribution in [2.24, 2.45) is 0 Å². The van der Waals surface area contributed by atoms with Crippen LogP contribution in [0.4, 0.5) is 5.69 Å². The second-order valence-corrected chi connectivity index (χ2v) is 9.18. The summed E-state index contributed by atoms with van der Waals surface area (Å²) in [5.74, 6) is 0.812. The minimum Gasteiger partial charge on any atom is -0.457 e. The quantitative estimate of drug-likeness (QED) is 0.673. The second kappa shape index (κ2) is 8.30. The van der Waals surface area contributed by atoms with Crippen LogP contribution in [0.2, 0.25) is 0 Å². The number of benzene rings is 3. The number of ether oxygens (including phenoxy) is 1. The van der Waals surface area contributed by atoms with E-state index in [4.69, 9.17) is 4.74 Å². The zero-order chi connectivity index (χ0) is 21.1. The van der Waals surface area contributed by atoms with Crippen molar-refractivity contribution < 1.29 is 17.9 Å². The third-order valence-corrected chi connectivity index (χ3v) is 6.26. The number of amides is 1. The van der Waals surface area contributed by atoms with Crippen molar-refractivity contribution in [3.8, 4) is 11.5 Å². The number of para-hydroxylation sites is 2. The van der Waals surface area contributed by atoms with E-state index >= 15 is 0 Å². The van der Waals surface area contributed by atoms with Crippen molar-refractivity contribution in [3.63, 3.8) is 0 Å². The van der Waals surface area contributed by atoms with E-state index < -0.39 is 10.0 Å². The normalized spacial score (nSPS) is 14.0. The summed E-state index contributed by atoms with van der Waals surface area (Å²) < 4.78 is 31.1. The van der Waals surface area contributed by atoms with Crippen molar-refractivity contribution in [2.75, 3.05) is 18.1 Å². The van der Waals surface area contributed by atoms with Gasteiger partial charge in [0.1, 0.15) is 11.5 Å². The first-order valence-corrected chi connectivity index (χ1v) is 11.5. The van der Waals surface area contributed by atoms with E-state index in [9.17, 15) is 13.2 Å². The second-order valence-electron chi connectivity index (χ2n) is 7.20. The van der Waals surface area contributed by atoms with Crippen molar-refractivity contribution in [2.45, 2.75) is 13.0 Å². The van der Waals surface area contributed by atoms with E-state index in [1.807, 2.05) is 54.6 Å². The fraction of sp³-hybridized carbons (Fsp3) is 0.174. The summed E-state index contributed by atoms with van der Waals surface area (Å²) in [7, 11) is -3.25. The van der Waals surface area contributed by atoms with Crippen LogP contribution >= 0.6 is 0 Å². The molecule has 6 nitrogen and oxygen atoms in total. The Kier molecular flexibility index (Phi) is 5.57. The van der Waals surface area contributed by atoms with Crippen LogP contribution < -0.4 is 10.1 Å². The summed E-state index contributed by atoms with van der Waals surface area (Å²) >= 11 is 0. The highest BCUT2D eigenvalue weighted by Crippen LogP contribution is 2.27. The number of carbonyl (C=O) groups is 1. The third-order valence-electron chi connectivity index (χ3n) is 5.01. The molecule has 0 saturated heterocycles. The summed E-state index contributed by atoms with van der Waals surface area (Å²) in [6, 6.07) is 21.9. The minimum absolute atomic E-state index is 0.294. The van der Waals surface area contributed by atoms with Gasteiger partial charge in [-0.2, -0.15) is 4.31 Å². The Labute approximate surface area is 176 Å². The number of carbonyl (C=O) groups excluding carboxylic acids is 1. The lowest BCUT2D eigenvalue weighted by atomic mass is 10.0. The summed E-state index contributed by atoms with van der Waals surface area (Å²) in [6.45, 7) is 0.785. The molecule has 0 aromatic heterocycles. The number of anilines is 1. The molecule has 1 aliphatic rings. The highest BCUT2D eigenvalue weighted by Gasteiger charge is 2.23. The van der Waals surface area contributed by atoms with Gasteiger partial charge in [-0.3, -0.25) is 4.79 Å². The Morgan fingerprint density at radius 2 is 1.70 bits per heavy atom. The first-order chi connectivity index (χ1) is 14.4. The maximum atomic E-state index is 12.9. The molecular formula is C23H22N2O4S. The van der Waals surface area contributed by atoms with Crippen LogP contribution in [0.1, 0.15) is 21.5 Å². The molecule has 1 N–H and O–H groups in total. The molecule has 3 aromatic carbocycles. The standard InChI is InChI=1S/C23H22N2O4S/c1-30(27,28)25-14-13-17-11-12-19(15-18(17)16-25)24-23(26)21-9-5-6-10-22(21)29-20-7-3-2-4-8-20/h2-12,15H,13-14,16H2,1H3,(H,24,26). The summed E-state index contributed by atoms with van der Waals surface area (Å²) in [6.07, 6.45) is 1.87. The van der Waals surface area contributed by atoms with Crippen LogP contribution in [0, 0.1) is 0 Å². The van der Waals surface area contributed by atoms with Gasteiger partial charge in [0.2, 0.25) is 10.0 Å². The van der Waals surface area contributed by atoms with E-state index in [-0.39, 0.29) is 5.91 Å². The molecule has 1 amide bonds. The molecule has 0 unspecified atom stereocenters. The Morgan fingerprint density at radius 3 is 2.47 bits per heavy atom. The van der Waals surface area contributed by atoms with Gasteiger partial charge < -0.3 is 10.1 Å². The molecule has 0 aliphatic carbocycles. The number of nitrogens with one attached hydrogen (secondary N) is 1. The lowest BCUT2D eigenvalue weighted by Gasteiger charge is -2.27. The van der Waals surface area contributed by atoms with Crippen LogP contribution in [-0.2, 0) is 23.0 Å². The summed E-state index contributed by atoms with van der Waals surface area (Å²) in [4.78, 5) is 12.9. The molecule has 0 atom stereocenters. The highest BCUT2D eigenvalue weighted by molar-refractivity contribution is 7.88. The molecule has 0 saturated carbocycles. The predicted molar refractivity (Wildman–Crippen MR) is 116 cm³/mol. The van der Waals surface area contributed by atoms with Gasteiger partial charge >= 0.3 is 0 Å². The number of rotatable bonds is 5. The molecule has 4 rings (SSSR count). The minimum atomic E-state index is -3.25. The van der Waals surface area contributed by atoms with Gasteiger partial charge in [-0.1, -0.05) is 36.4 Å². The maximum Gasteiger partial charge on any atom is 0.259 e. The fourth-order valence-electron chi connectivity index (χ4n) is 3.45. The number of hydrogen-bond acceptors (Lipinski definition) is 4. The molecule has 30 heavy (non-hydrogen) atoms. The lowest BCUT2D eigenvalue weighted by molar-refractivity contribution is 0.102. The van der Waals surface area contributed by atoms with Crippen LogP contribution in [0.5, 0.6) is 11.5 Å². The molecular weight excluding hydrogens is 400 g/mol. The summed E-state index contributed by atoms with van der Waals surface area (Å²) in [5, 5.41) is 2.90. The van der Waals surface area contributed by atoms with Gasteiger partial charge in [0.05, 0.1) is 11.8 Å². The first-order valence-electron chi connectivity index (χ1n) is 9.60. The van der Waals surface area contributed by atoms with Gasteiger partial charge in [-0.05, 0) is 53.9 Å². The SMILES string of the molecule is CS(=O)(=O)N1CCc2ccc(NC(=O)c3ccccc3Oc3ccccc3)cc2C1. The van der Waals surface area contributed by atoms with Gasteiger partial charge in [0, 0.05) is 18.8 Å². The van der Waals surface area contributed by atoms with Gasteiger partial charge in [-0.15, -0.1) is 0 Å². The molecule has 7 heteroatoms. The smallest absolute Gasteiger partial charge is 0.259 e. The largest absolute Gasteiger partial charge is 0.457 e. The fourth-order valence-corrected chi connectivity index (χ4v) is 4.25. The Morgan fingerprint density at radius 1 is 0.967 bits per heavy atom. The molecule has 0 radical (unpaired) electrons. The predicted octanol–water partition coefficient (Wildman–Crippen LogP) is 4.05. The molecule has 1 aliphatic heterocycles. The van der Waals surface area contributed by atoms with E-state index in [1.54, 1.807) is 18.2 Å². The summed E-state index contributed by atoms with van der Waals surface area (Å²) in [5.41, 5.74) is 3.03. The first kappa shape index (κ1) is 20.1. The van der Waals surface area contributed by atoms with Crippen LogP contribution in [0.25, 0.3) is 0 Å². The number of nitrogens with zero attached hydrogens (tertiary/aromatic N) is 1. The monoisotopic (exact) mass is 422 g/mol. The number of hydrogen-bond donors (Lipinski definition) is 1. The topological polar surface area (TPSA) is 75.7 Å². The third kappa shape index (κ3) is 4.53. The average Bonchev–Trinajstić information content (AvgIpc) is 2.73. The molecule has 154 valence electrons. The van der Waals surface area contributed by atoms with E-state index in [1.165, 1.54) is 10.6 Å². The number of fused-ring (bicyclic) bond motifs is 1. The molecule has 1 heterocycles. The van der Waals surface area contributed by atoms with Crippen molar-refractivity contribution in [1.82, 2.24) is 4.31 Å². The Hall–Kier alpha value is -3.16. The van der Waals surface area contributed by atoms with E-state index in [2.05, 4.69) is 5.32 Å². The maximum absolute atomic E-state index is 12.9. The zero-order valence-corrected chi connectivity index (χ0v) is 17.4. The van der Waals surface area contributed by atoms with E-state index in [0.29, 0.717) is 42.3 Å². The van der Waals surface area contributed by atoms with E-state index in [0.717, 1.165) is 11.1 Å². The molecule has 0 bridgehead atoms.